The fraction of sp³-hybridized carbons (Fsp3) is 0.273. The van der Waals surface area contributed by atoms with Crippen molar-refractivity contribution in [2.24, 2.45) is 0 Å². The normalized spacial score (nSPS) is 13.7. The lowest BCUT2D eigenvalue weighted by Gasteiger charge is -2.17. The Morgan fingerprint density at radius 2 is 1.94 bits per heavy atom. The molecule has 0 radical (unpaired) electrons. The van der Waals surface area contributed by atoms with Gasteiger partial charge in [-0.3, -0.25) is 0 Å². The van der Waals surface area contributed by atoms with E-state index in [-0.39, 0.29) is 16.8 Å². The van der Waals surface area contributed by atoms with Crippen molar-refractivity contribution in [1.82, 2.24) is 0 Å². The van der Waals surface area contributed by atoms with Crippen LogP contribution in [0.4, 0.5) is 5.69 Å². The van der Waals surface area contributed by atoms with Crippen LogP contribution in [0.25, 0.3) is 0 Å². The van der Waals surface area contributed by atoms with Crippen molar-refractivity contribution in [3.8, 4) is 0 Å². The van der Waals surface area contributed by atoms with Crippen molar-refractivity contribution >= 4 is 17.6 Å². The van der Waals surface area contributed by atoms with E-state index in [0.717, 1.165) is 7.11 Å². The number of carboxylic acid groups (broad SMARTS) is 1. The second kappa shape index (κ2) is 5.48. The molecular weight excluding hydrogens is 242 g/mol. The Kier molecular flexibility index (Phi) is 4.24. The molecule has 2 unspecified atom stereocenters. The number of carboxylic acids is 1. The molecule has 7 nitrogen and oxygen atoms in total. The van der Waals surface area contributed by atoms with Crippen molar-refractivity contribution in [1.29, 1.82) is 0 Å². The highest BCUT2D eigenvalue weighted by Crippen LogP contribution is 2.26. The molecule has 0 aliphatic heterocycles. The van der Waals surface area contributed by atoms with Gasteiger partial charge in [0.15, 0.2) is 6.10 Å². The van der Waals surface area contributed by atoms with Gasteiger partial charge in [0.05, 0.1) is 18.4 Å². The van der Waals surface area contributed by atoms with Gasteiger partial charge in [0.1, 0.15) is 6.10 Å². The van der Waals surface area contributed by atoms with Gasteiger partial charge in [-0.15, -0.1) is 0 Å². The summed E-state index contributed by atoms with van der Waals surface area (Å²) < 4.78 is 4.48. The van der Waals surface area contributed by atoms with Gasteiger partial charge in [0.2, 0.25) is 0 Å². The summed E-state index contributed by atoms with van der Waals surface area (Å²) >= 11 is 0. The first-order valence-electron chi connectivity index (χ1n) is 4.95. The molecule has 7 heteroatoms. The van der Waals surface area contributed by atoms with Gasteiger partial charge in [0, 0.05) is 5.56 Å². The highest BCUT2D eigenvalue weighted by Gasteiger charge is 2.28. The summed E-state index contributed by atoms with van der Waals surface area (Å²) in [6.07, 6.45) is -3.76. The van der Waals surface area contributed by atoms with Crippen molar-refractivity contribution in [2.75, 3.05) is 12.8 Å². The predicted molar refractivity (Wildman–Crippen MR) is 60.8 cm³/mol. The number of methoxy groups -OCH3 is 1. The Labute approximate surface area is 102 Å². The lowest BCUT2D eigenvalue weighted by Crippen LogP contribution is -2.28. The summed E-state index contributed by atoms with van der Waals surface area (Å²) in [4.78, 5) is 21.9. The number of esters is 1. The van der Waals surface area contributed by atoms with Gasteiger partial charge >= 0.3 is 11.9 Å². The van der Waals surface area contributed by atoms with E-state index in [2.05, 4.69) is 4.74 Å². The number of anilines is 1. The summed E-state index contributed by atoms with van der Waals surface area (Å²) in [6, 6.07) is 4.08. The predicted octanol–water partition coefficient (Wildman–Crippen LogP) is -0.466. The van der Waals surface area contributed by atoms with Gasteiger partial charge in [-0.25, -0.2) is 9.59 Å². The summed E-state index contributed by atoms with van der Waals surface area (Å²) in [5.74, 6) is -2.31. The number of nitrogen functional groups attached to an aromatic ring is 1. The number of benzene rings is 1. The minimum atomic E-state index is -2.03. The lowest BCUT2D eigenvalue weighted by molar-refractivity contribution is -0.153. The topological polar surface area (TPSA) is 130 Å². The zero-order valence-corrected chi connectivity index (χ0v) is 9.53. The molecule has 0 amide bonds. The number of hydrogen-bond donors (Lipinski definition) is 4. The first kappa shape index (κ1) is 13.9. The molecule has 0 aliphatic carbocycles. The Morgan fingerprint density at radius 1 is 1.33 bits per heavy atom. The van der Waals surface area contributed by atoms with Crippen molar-refractivity contribution < 1.29 is 29.6 Å². The third-order valence-corrected chi connectivity index (χ3v) is 2.42. The molecule has 0 heterocycles. The van der Waals surface area contributed by atoms with Gasteiger partial charge in [0.25, 0.3) is 0 Å². The average molecular weight is 255 g/mol. The second-order valence-electron chi connectivity index (χ2n) is 3.53. The van der Waals surface area contributed by atoms with E-state index in [1.54, 1.807) is 0 Å². The number of carbonyl (C=O) groups is 2. The van der Waals surface area contributed by atoms with Gasteiger partial charge in [-0.2, -0.15) is 0 Å². The summed E-state index contributed by atoms with van der Waals surface area (Å²) in [5.41, 5.74) is 5.45. The number of aliphatic hydroxyl groups is 2. The Balaban J connectivity index is 3.18. The highest BCUT2D eigenvalue weighted by atomic mass is 16.5. The van der Waals surface area contributed by atoms with E-state index in [9.17, 15) is 19.8 Å². The number of aliphatic hydroxyl groups excluding tert-OH is 2. The minimum Gasteiger partial charge on any atom is -0.479 e. The highest BCUT2D eigenvalue weighted by molar-refractivity contribution is 5.96. The molecule has 0 fully saturated rings. The molecule has 0 saturated carbocycles. The van der Waals surface area contributed by atoms with Crippen LogP contribution in [0.5, 0.6) is 0 Å². The Hall–Kier alpha value is -2.12. The second-order valence-corrected chi connectivity index (χ2v) is 3.53. The van der Waals surface area contributed by atoms with Crippen LogP contribution in [-0.4, -0.2) is 40.5 Å². The Morgan fingerprint density at radius 3 is 2.44 bits per heavy atom. The minimum absolute atomic E-state index is 0.00774. The summed E-state index contributed by atoms with van der Waals surface area (Å²) in [7, 11) is 1.16. The molecule has 5 N–H and O–H groups in total. The molecule has 0 spiro atoms. The molecule has 0 aromatic heterocycles. The monoisotopic (exact) mass is 255 g/mol. The van der Waals surface area contributed by atoms with Crippen LogP contribution in [0, 0.1) is 0 Å². The third kappa shape index (κ3) is 2.58. The van der Waals surface area contributed by atoms with Crippen LogP contribution in [0.3, 0.4) is 0 Å². The summed E-state index contributed by atoms with van der Waals surface area (Å²) in [5, 5.41) is 27.5. The molecule has 0 bridgehead atoms. The van der Waals surface area contributed by atoms with Gasteiger partial charge in [-0.05, 0) is 6.07 Å². The van der Waals surface area contributed by atoms with Crippen molar-refractivity contribution in [2.45, 2.75) is 12.2 Å². The fourth-order valence-corrected chi connectivity index (χ4v) is 1.43. The molecule has 98 valence electrons. The van der Waals surface area contributed by atoms with Crippen LogP contribution in [0.1, 0.15) is 22.0 Å². The number of ether oxygens (including phenoxy) is 1. The molecule has 1 aromatic rings. The quantitative estimate of drug-likeness (QED) is 0.422. The van der Waals surface area contributed by atoms with Crippen LogP contribution in [0.2, 0.25) is 0 Å². The molecular formula is C11H13NO6. The number of para-hydroxylation sites is 1. The van der Waals surface area contributed by atoms with E-state index in [4.69, 9.17) is 10.8 Å². The first-order valence-corrected chi connectivity index (χ1v) is 4.95. The van der Waals surface area contributed by atoms with E-state index in [1.807, 2.05) is 0 Å². The average Bonchev–Trinajstić information content (AvgIpc) is 2.36. The number of hydrogen-bond acceptors (Lipinski definition) is 6. The van der Waals surface area contributed by atoms with E-state index in [1.165, 1.54) is 18.2 Å². The third-order valence-electron chi connectivity index (χ3n) is 2.42. The summed E-state index contributed by atoms with van der Waals surface area (Å²) in [6.45, 7) is 0. The maximum Gasteiger partial charge on any atom is 0.339 e. The molecule has 1 rings (SSSR count). The molecule has 2 atom stereocenters. The van der Waals surface area contributed by atoms with Crippen LogP contribution in [0.15, 0.2) is 18.2 Å². The molecule has 0 saturated heterocycles. The van der Waals surface area contributed by atoms with E-state index >= 15 is 0 Å². The number of nitrogens with two attached hydrogens (primary N) is 1. The van der Waals surface area contributed by atoms with Crippen LogP contribution >= 0.6 is 0 Å². The molecule has 0 aliphatic rings. The van der Waals surface area contributed by atoms with Crippen LogP contribution < -0.4 is 5.73 Å². The van der Waals surface area contributed by atoms with Crippen molar-refractivity contribution in [3.05, 3.63) is 29.3 Å². The largest absolute Gasteiger partial charge is 0.479 e. The van der Waals surface area contributed by atoms with Crippen LogP contribution in [-0.2, 0) is 9.53 Å². The van der Waals surface area contributed by atoms with Gasteiger partial charge < -0.3 is 25.8 Å². The SMILES string of the molecule is COC(=O)c1cccc(C(O)C(O)C(=O)O)c1N. The maximum atomic E-state index is 11.4. The number of rotatable bonds is 4. The zero-order valence-electron chi connectivity index (χ0n) is 9.53. The van der Waals surface area contributed by atoms with Crippen molar-refractivity contribution in [3.63, 3.8) is 0 Å². The Bertz CT molecular complexity index is 473. The number of carbonyl (C=O) groups excluding carboxylic acids is 1. The zero-order chi connectivity index (χ0) is 13.9. The molecule has 18 heavy (non-hydrogen) atoms. The fourth-order valence-electron chi connectivity index (χ4n) is 1.43. The maximum absolute atomic E-state index is 11.4. The van der Waals surface area contributed by atoms with Gasteiger partial charge in [-0.1, -0.05) is 12.1 Å². The van der Waals surface area contributed by atoms with E-state index in [0.29, 0.717) is 0 Å². The number of aliphatic carboxylic acids is 1. The lowest BCUT2D eigenvalue weighted by atomic mass is 9.99. The van der Waals surface area contributed by atoms with E-state index < -0.39 is 24.1 Å². The standard InChI is InChI=1S/C11H13NO6/c1-18-11(17)6-4-2-3-5(7(6)12)8(13)9(14)10(15)16/h2-4,8-9,13-14H,12H2,1H3,(H,15,16). The molecule has 1 aromatic carbocycles. The smallest absolute Gasteiger partial charge is 0.339 e. The first-order chi connectivity index (χ1) is 8.40.